The fourth-order valence-electron chi connectivity index (χ4n) is 1.93. The molecule has 0 bridgehead atoms. The molecule has 2 rings (SSSR count). The predicted octanol–water partition coefficient (Wildman–Crippen LogP) is 1.85. The van der Waals surface area contributed by atoms with Gasteiger partial charge in [0.1, 0.15) is 6.20 Å². The molecule has 0 amide bonds. The van der Waals surface area contributed by atoms with Crippen LogP contribution in [0.25, 0.3) is 0 Å². The summed E-state index contributed by atoms with van der Waals surface area (Å²) in [4.78, 5) is 14.1. The van der Waals surface area contributed by atoms with Crippen LogP contribution < -0.4 is 10.6 Å². The van der Waals surface area contributed by atoms with Gasteiger partial charge in [-0.25, -0.2) is 4.98 Å². The minimum Gasteiger partial charge on any atom is -0.361 e. The first kappa shape index (κ1) is 12.3. The molecule has 7 heteroatoms. The van der Waals surface area contributed by atoms with E-state index in [-0.39, 0.29) is 10.4 Å². The molecule has 1 fully saturated rings. The molecule has 2 heterocycles. The molecular formula is C10H16N4O2S. The Morgan fingerprint density at radius 3 is 2.94 bits per heavy atom. The number of nitrogens with one attached hydrogen (secondary N) is 2. The van der Waals surface area contributed by atoms with Crippen molar-refractivity contribution in [3.05, 3.63) is 16.3 Å². The molecule has 94 valence electrons. The van der Waals surface area contributed by atoms with Gasteiger partial charge in [0.2, 0.25) is 0 Å². The minimum absolute atomic E-state index is 0.0861. The second kappa shape index (κ2) is 4.97. The van der Waals surface area contributed by atoms with E-state index in [1.165, 1.54) is 6.20 Å². The van der Waals surface area contributed by atoms with Crippen LogP contribution in [0.1, 0.15) is 19.8 Å². The highest BCUT2D eigenvalue weighted by Crippen LogP contribution is 2.30. The molecule has 2 N–H and O–H groups in total. The van der Waals surface area contributed by atoms with Crippen LogP contribution in [-0.2, 0) is 0 Å². The van der Waals surface area contributed by atoms with Crippen molar-refractivity contribution in [1.82, 2.24) is 10.3 Å². The third-order valence-electron chi connectivity index (χ3n) is 3.15. The van der Waals surface area contributed by atoms with Gasteiger partial charge in [-0.3, -0.25) is 10.1 Å². The van der Waals surface area contributed by atoms with Gasteiger partial charge in [-0.2, -0.15) is 0 Å². The van der Waals surface area contributed by atoms with Crippen LogP contribution in [-0.4, -0.2) is 29.5 Å². The highest BCUT2D eigenvalue weighted by molar-refractivity contribution is 7.18. The SMILES string of the molecule is CC1(CNc2ncc([N+](=O)[O-])s2)CCNCC1. The zero-order valence-electron chi connectivity index (χ0n) is 9.73. The molecule has 1 aromatic heterocycles. The van der Waals surface area contributed by atoms with Gasteiger partial charge < -0.3 is 10.6 Å². The fraction of sp³-hybridized carbons (Fsp3) is 0.700. The molecule has 0 unspecified atom stereocenters. The zero-order valence-corrected chi connectivity index (χ0v) is 10.5. The van der Waals surface area contributed by atoms with E-state index in [1.807, 2.05) is 0 Å². The Kier molecular flexibility index (Phi) is 3.58. The summed E-state index contributed by atoms with van der Waals surface area (Å²) in [5.74, 6) is 0. The Labute approximate surface area is 104 Å². The molecule has 0 aliphatic carbocycles. The van der Waals surface area contributed by atoms with Gasteiger partial charge in [0.15, 0.2) is 5.13 Å². The van der Waals surface area contributed by atoms with Crippen LogP contribution in [0.2, 0.25) is 0 Å². The first-order chi connectivity index (χ1) is 8.09. The Bertz CT molecular complexity index is 401. The van der Waals surface area contributed by atoms with E-state index >= 15 is 0 Å². The molecule has 1 aliphatic heterocycles. The van der Waals surface area contributed by atoms with Crippen LogP contribution in [0.15, 0.2) is 6.20 Å². The van der Waals surface area contributed by atoms with Crippen molar-refractivity contribution in [1.29, 1.82) is 0 Å². The third kappa shape index (κ3) is 3.13. The van der Waals surface area contributed by atoms with Crippen molar-refractivity contribution in [2.24, 2.45) is 5.41 Å². The van der Waals surface area contributed by atoms with E-state index in [0.29, 0.717) is 5.13 Å². The maximum Gasteiger partial charge on any atom is 0.345 e. The Hall–Kier alpha value is -1.21. The second-order valence-electron chi connectivity index (χ2n) is 4.67. The molecule has 0 saturated carbocycles. The number of rotatable bonds is 4. The standard InChI is InChI=1S/C10H16N4O2S/c1-10(2-4-11-5-3-10)7-13-9-12-6-8(17-9)14(15)16/h6,11H,2-5,7H2,1H3,(H,12,13). The summed E-state index contributed by atoms with van der Waals surface area (Å²) in [5, 5.41) is 17.8. The Balaban J connectivity index is 1.90. The first-order valence-corrected chi connectivity index (χ1v) is 6.46. The second-order valence-corrected chi connectivity index (χ2v) is 5.68. The quantitative estimate of drug-likeness (QED) is 0.635. The van der Waals surface area contributed by atoms with E-state index < -0.39 is 4.92 Å². The van der Waals surface area contributed by atoms with E-state index in [0.717, 1.165) is 43.8 Å². The number of hydrogen-bond donors (Lipinski definition) is 2. The topological polar surface area (TPSA) is 80.1 Å². The highest BCUT2D eigenvalue weighted by Gasteiger charge is 2.26. The summed E-state index contributed by atoms with van der Waals surface area (Å²) in [6.07, 6.45) is 3.54. The molecular weight excluding hydrogens is 240 g/mol. The number of piperidine rings is 1. The number of hydrogen-bond acceptors (Lipinski definition) is 6. The number of nitro groups is 1. The molecule has 17 heavy (non-hydrogen) atoms. The summed E-state index contributed by atoms with van der Waals surface area (Å²) in [6, 6.07) is 0. The summed E-state index contributed by atoms with van der Waals surface area (Å²) in [6.45, 7) is 5.13. The highest BCUT2D eigenvalue weighted by atomic mass is 32.1. The van der Waals surface area contributed by atoms with E-state index in [4.69, 9.17) is 0 Å². The fourth-order valence-corrected chi connectivity index (χ4v) is 2.56. The maximum absolute atomic E-state index is 10.5. The average molecular weight is 256 g/mol. The summed E-state index contributed by atoms with van der Waals surface area (Å²) >= 11 is 1.09. The predicted molar refractivity (Wildman–Crippen MR) is 67.5 cm³/mol. The van der Waals surface area contributed by atoms with Gasteiger partial charge in [0.05, 0.1) is 4.92 Å². The van der Waals surface area contributed by atoms with Gasteiger partial charge in [0, 0.05) is 6.54 Å². The van der Waals surface area contributed by atoms with Gasteiger partial charge in [-0.05, 0) is 42.7 Å². The number of anilines is 1. The number of nitrogens with zero attached hydrogens (tertiary/aromatic N) is 2. The van der Waals surface area contributed by atoms with Gasteiger partial charge >= 0.3 is 5.00 Å². The first-order valence-electron chi connectivity index (χ1n) is 5.64. The lowest BCUT2D eigenvalue weighted by Crippen LogP contribution is -2.39. The van der Waals surface area contributed by atoms with Crippen molar-refractivity contribution in [3.8, 4) is 0 Å². The van der Waals surface area contributed by atoms with E-state index in [2.05, 4.69) is 22.5 Å². The minimum atomic E-state index is -0.408. The molecule has 0 spiro atoms. The summed E-state index contributed by atoms with van der Waals surface area (Å²) < 4.78 is 0. The molecule has 0 radical (unpaired) electrons. The number of aromatic nitrogens is 1. The maximum atomic E-state index is 10.5. The average Bonchev–Trinajstić information content (AvgIpc) is 2.76. The third-order valence-corrected chi connectivity index (χ3v) is 4.06. The monoisotopic (exact) mass is 256 g/mol. The molecule has 1 aliphatic rings. The van der Waals surface area contributed by atoms with Crippen LogP contribution in [0.4, 0.5) is 10.1 Å². The van der Waals surface area contributed by atoms with E-state index in [1.54, 1.807) is 0 Å². The van der Waals surface area contributed by atoms with E-state index in [9.17, 15) is 10.1 Å². The van der Waals surface area contributed by atoms with Gasteiger partial charge in [0.25, 0.3) is 0 Å². The van der Waals surface area contributed by atoms with Gasteiger partial charge in [-0.1, -0.05) is 6.92 Å². The molecule has 1 aromatic rings. The van der Waals surface area contributed by atoms with Crippen molar-refractivity contribution < 1.29 is 4.92 Å². The largest absolute Gasteiger partial charge is 0.361 e. The van der Waals surface area contributed by atoms with Crippen LogP contribution in [0.3, 0.4) is 0 Å². The summed E-state index contributed by atoms with van der Waals surface area (Å²) in [5.41, 5.74) is 0.256. The summed E-state index contributed by atoms with van der Waals surface area (Å²) in [7, 11) is 0. The lowest BCUT2D eigenvalue weighted by Gasteiger charge is -2.34. The molecule has 0 aromatic carbocycles. The molecule has 6 nitrogen and oxygen atoms in total. The zero-order chi connectivity index (χ0) is 12.3. The molecule has 0 atom stereocenters. The Morgan fingerprint density at radius 1 is 1.65 bits per heavy atom. The van der Waals surface area contributed by atoms with Crippen LogP contribution >= 0.6 is 11.3 Å². The van der Waals surface area contributed by atoms with Gasteiger partial charge in [-0.15, -0.1) is 0 Å². The van der Waals surface area contributed by atoms with Crippen LogP contribution in [0, 0.1) is 15.5 Å². The lowest BCUT2D eigenvalue weighted by atomic mass is 9.81. The normalized spacial score (nSPS) is 18.9. The smallest absolute Gasteiger partial charge is 0.345 e. The van der Waals surface area contributed by atoms with Crippen molar-refractivity contribution in [2.45, 2.75) is 19.8 Å². The van der Waals surface area contributed by atoms with Crippen molar-refractivity contribution >= 4 is 21.5 Å². The van der Waals surface area contributed by atoms with Crippen LogP contribution in [0.5, 0.6) is 0 Å². The Morgan fingerprint density at radius 2 is 2.35 bits per heavy atom. The van der Waals surface area contributed by atoms with Crippen molar-refractivity contribution in [3.63, 3.8) is 0 Å². The van der Waals surface area contributed by atoms with Crippen molar-refractivity contribution in [2.75, 3.05) is 25.0 Å². The number of thiazole rings is 1. The molecule has 1 saturated heterocycles. The lowest BCUT2D eigenvalue weighted by molar-refractivity contribution is -0.380.